The molecule has 2 nitrogen and oxygen atoms in total. The molecule has 0 aromatic rings. The zero-order chi connectivity index (χ0) is 9.94. The zero-order valence-corrected chi connectivity index (χ0v) is 8.90. The first-order valence-electron chi connectivity index (χ1n) is 5.20. The molecule has 13 heavy (non-hydrogen) atoms. The van der Waals surface area contributed by atoms with Crippen molar-refractivity contribution < 1.29 is 0 Å². The standard InChI is InChI=1S/C11H22N2/c1-4-7-12-8-9-13-10-11(5-2)6-3/h1,11-13H,5-10H2,2-3H3. The molecule has 0 fully saturated rings. The average molecular weight is 182 g/mol. The number of terminal acetylenes is 1. The molecule has 0 rings (SSSR count). The van der Waals surface area contributed by atoms with Gasteiger partial charge in [0.05, 0.1) is 6.54 Å². The maximum absolute atomic E-state index is 5.10. The maximum atomic E-state index is 5.10. The van der Waals surface area contributed by atoms with Crippen molar-refractivity contribution in [2.24, 2.45) is 5.92 Å². The third kappa shape index (κ3) is 7.83. The van der Waals surface area contributed by atoms with Crippen LogP contribution >= 0.6 is 0 Å². The largest absolute Gasteiger partial charge is 0.315 e. The van der Waals surface area contributed by atoms with Gasteiger partial charge in [0.2, 0.25) is 0 Å². The van der Waals surface area contributed by atoms with Gasteiger partial charge in [-0.1, -0.05) is 32.6 Å². The van der Waals surface area contributed by atoms with Crippen molar-refractivity contribution in [2.75, 3.05) is 26.2 Å². The molecule has 2 heteroatoms. The second kappa shape index (κ2) is 9.57. The minimum absolute atomic E-state index is 0.673. The van der Waals surface area contributed by atoms with E-state index in [4.69, 9.17) is 6.42 Å². The van der Waals surface area contributed by atoms with Crippen molar-refractivity contribution >= 4 is 0 Å². The summed E-state index contributed by atoms with van der Waals surface area (Å²) in [5, 5.41) is 6.56. The Morgan fingerprint density at radius 1 is 1.15 bits per heavy atom. The van der Waals surface area contributed by atoms with Gasteiger partial charge in [-0.3, -0.25) is 0 Å². The molecule has 0 atom stereocenters. The van der Waals surface area contributed by atoms with Gasteiger partial charge in [0.25, 0.3) is 0 Å². The summed E-state index contributed by atoms with van der Waals surface area (Å²) < 4.78 is 0. The van der Waals surface area contributed by atoms with Crippen molar-refractivity contribution in [1.29, 1.82) is 0 Å². The Hall–Kier alpha value is -0.520. The third-order valence-corrected chi connectivity index (χ3v) is 2.29. The lowest BCUT2D eigenvalue weighted by Crippen LogP contribution is -2.30. The molecule has 0 aliphatic rings. The van der Waals surface area contributed by atoms with Gasteiger partial charge in [0.1, 0.15) is 0 Å². The van der Waals surface area contributed by atoms with Crippen LogP contribution in [-0.4, -0.2) is 26.2 Å². The molecule has 0 aliphatic heterocycles. The topological polar surface area (TPSA) is 24.1 Å². The van der Waals surface area contributed by atoms with Gasteiger partial charge in [0.15, 0.2) is 0 Å². The van der Waals surface area contributed by atoms with Gasteiger partial charge in [0, 0.05) is 13.1 Å². The quantitative estimate of drug-likeness (QED) is 0.436. The lowest BCUT2D eigenvalue weighted by atomic mass is 10.0. The molecule has 0 heterocycles. The summed E-state index contributed by atoms with van der Waals surface area (Å²) in [4.78, 5) is 0. The van der Waals surface area contributed by atoms with E-state index in [1.807, 2.05) is 0 Å². The molecular weight excluding hydrogens is 160 g/mol. The second-order valence-electron chi connectivity index (χ2n) is 3.27. The number of hydrogen-bond acceptors (Lipinski definition) is 2. The van der Waals surface area contributed by atoms with Crippen LogP contribution in [0.5, 0.6) is 0 Å². The smallest absolute Gasteiger partial charge is 0.0574 e. The number of nitrogens with one attached hydrogen (secondary N) is 2. The van der Waals surface area contributed by atoms with E-state index >= 15 is 0 Å². The maximum Gasteiger partial charge on any atom is 0.0574 e. The lowest BCUT2D eigenvalue weighted by molar-refractivity contribution is 0.449. The Kier molecular flexibility index (Phi) is 9.18. The summed E-state index contributed by atoms with van der Waals surface area (Å²) in [6, 6.07) is 0. The van der Waals surface area contributed by atoms with Crippen LogP contribution in [0.15, 0.2) is 0 Å². The molecule has 0 aliphatic carbocycles. The minimum atomic E-state index is 0.673. The zero-order valence-electron chi connectivity index (χ0n) is 8.90. The number of hydrogen-bond donors (Lipinski definition) is 2. The summed E-state index contributed by atoms with van der Waals surface area (Å²) in [6.45, 7) is 8.26. The van der Waals surface area contributed by atoms with E-state index in [0.29, 0.717) is 6.54 Å². The molecule has 0 aromatic carbocycles. The predicted molar refractivity (Wildman–Crippen MR) is 58.6 cm³/mol. The first-order chi connectivity index (χ1) is 6.35. The van der Waals surface area contributed by atoms with Gasteiger partial charge >= 0.3 is 0 Å². The molecule has 0 aromatic heterocycles. The fraction of sp³-hybridized carbons (Fsp3) is 0.818. The average Bonchev–Trinajstić information content (AvgIpc) is 2.17. The van der Waals surface area contributed by atoms with Crippen LogP contribution < -0.4 is 10.6 Å². The summed E-state index contributed by atoms with van der Waals surface area (Å²) >= 11 is 0. The monoisotopic (exact) mass is 182 g/mol. The van der Waals surface area contributed by atoms with Crippen LogP contribution in [0.4, 0.5) is 0 Å². The highest BCUT2D eigenvalue weighted by molar-refractivity contribution is 4.86. The Balaban J connectivity index is 3.11. The molecular formula is C11H22N2. The van der Waals surface area contributed by atoms with Gasteiger partial charge < -0.3 is 10.6 Å². The second-order valence-corrected chi connectivity index (χ2v) is 3.27. The highest BCUT2D eigenvalue weighted by atomic mass is 14.9. The Bertz CT molecular complexity index is 134. The van der Waals surface area contributed by atoms with Crippen LogP contribution in [0.2, 0.25) is 0 Å². The molecule has 2 N–H and O–H groups in total. The van der Waals surface area contributed by atoms with Gasteiger partial charge in [-0.25, -0.2) is 0 Å². The van der Waals surface area contributed by atoms with Crippen molar-refractivity contribution in [3.63, 3.8) is 0 Å². The summed E-state index contributed by atoms with van der Waals surface area (Å²) in [5.41, 5.74) is 0. The third-order valence-electron chi connectivity index (χ3n) is 2.29. The molecule has 0 unspecified atom stereocenters. The van der Waals surface area contributed by atoms with Crippen molar-refractivity contribution in [2.45, 2.75) is 26.7 Å². The van der Waals surface area contributed by atoms with Crippen molar-refractivity contribution in [1.82, 2.24) is 10.6 Å². The van der Waals surface area contributed by atoms with E-state index in [1.54, 1.807) is 0 Å². The van der Waals surface area contributed by atoms with Crippen LogP contribution in [0.3, 0.4) is 0 Å². The van der Waals surface area contributed by atoms with Crippen LogP contribution in [-0.2, 0) is 0 Å². The van der Waals surface area contributed by atoms with E-state index in [0.717, 1.165) is 25.6 Å². The van der Waals surface area contributed by atoms with Crippen LogP contribution in [0, 0.1) is 18.3 Å². The molecule has 76 valence electrons. The fourth-order valence-corrected chi connectivity index (χ4v) is 1.22. The predicted octanol–water partition coefficient (Wildman–Crippen LogP) is 1.23. The van der Waals surface area contributed by atoms with Crippen molar-refractivity contribution in [3.05, 3.63) is 0 Å². The molecule has 0 amide bonds. The Morgan fingerprint density at radius 2 is 1.77 bits per heavy atom. The van der Waals surface area contributed by atoms with E-state index in [9.17, 15) is 0 Å². The summed E-state index contributed by atoms with van der Waals surface area (Å²) in [6.07, 6.45) is 7.63. The van der Waals surface area contributed by atoms with Gasteiger partial charge in [-0.05, 0) is 12.5 Å². The van der Waals surface area contributed by atoms with Crippen LogP contribution in [0.25, 0.3) is 0 Å². The first-order valence-corrected chi connectivity index (χ1v) is 5.20. The van der Waals surface area contributed by atoms with E-state index in [2.05, 4.69) is 30.4 Å². The van der Waals surface area contributed by atoms with Gasteiger partial charge in [-0.2, -0.15) is 0 Å². The SMILES string of the molecule is C#CCNCCNCC(CC)CC. The Morgan fingerprint density at radius 3 is 2.31 bits per heavy atom. The first kappa shape index (κ1) is 12.5. The summed E-state index contributed by atoms with van der Waals surface area (Å²) in [5.74, 6) is 3.38. The normalized spacial score (nSPS) is 10.3. The van der Waals surface area contributed by atoms with Gasteiger partial charge in [-0.15, -0.1) is 6.42 Å². The summed E-state index contributed by atoms with van der Waals surface area (Å²) in [7, 11) is 0. The molecule has 0 bridgehead atoms. The molecule has 0 spiro atoms. The van der Waals surface area contributed by atoms with E-state index in [-0.39, 0.29) is 0 Å². The highest BCUT2D eigenvalue weighted by Crippen LogP contribution is 2.04. The number of rotatable bonds is 8. The fourth-order valence-electron chi connectivity index (χ4n) is 1.22. The molecule has 0 radical (unpaired) electrons. The Labute approximate surface area is 82.5 Å². The highest BCUT2D eigenvalue weighted by Gasteiger charge is 2.00. The van der Waals surface area contributed by atoms with Crippen molar-refractivity contribution in [3.8, 4) is 12.3 Å². The molecule has 0 saturated heterocycles. The van der Waals surface area contributed by atoms with Crippen LogP contribution in [0.1, 0.15) is 26.7 Å². The minimum Gasteiger partial charge on any atom is -0.315 e. The van der Waals surface area contributed by atoms with E-state index < -0.39 is 0 Å². The van der Waals surface area contributed by atoms with E-state index in [1.165, 1.54) is 12.8 Å². The lowest BCUT2D eigenvalue weighted by Gasteiger charge is -2.12. The molecule has 0 saturated carbocycles.